The third kappa shape index (κ3) is 2.03. The molecule has 2 heteroatoms. The van der Waals surface area contributed by atoms with E-state index in [1.54, 1.807) is 12.8 Å². The van der Waals surface area contributed by atoms with Crippen molar-refractivity contribution in [2.75, 3.05) is 0 Å². The van der Waals surface area contributed by atoms with Crippen molar-refractivity contribution in [3.05, 3.63) is 19.1 Å². The van der Waals surface area contributed by atoms with E-state index in [1.165, 1.54) is 51.4 Å². The third-order valence-electron chi connectivity index (χ3n) is 9.62. The highest BCUT2D eigenvalue weighted by atomic mass is 15.4. The second-order valence-corrected chi connectivity index (χ2v) is 11.1. The first-order valence-electron chi connectivity index (χ1n) is 11.3. The SMILES string of the molecule is [C]1N(C2C3CC4CC(C3)CC2C4)C=CN1C1C2CC3CC(C2)CC1C3. The van der Waals surface area contributed by atoms with Crippen LogP contribution >= 0.6 is 0 Å². The van der Waals surface area contributed by atoms with Gasteiger partial charge in [-0.2, -0.15) is 0 Å². The predicted molar refractivity (Wildman–Crippen MR) is 97.7 cm³/mol. The Hall–Kier alpha value is -0.660. The van der Waals surface area contributed by atoms with Crippen molar-refractivity contribution in [1.29, 1.82) is 0 Å². The summed E-state index contributed by atoms with van der Waals surface area (Å²) in [4.78, 5) is 5.14. The van der Waals surface area contributed by atoms with Crippen LogP contribution in [-0.4, -0.2) is 21.9 Å². The first kappa shape index (κ1) is 14.4. The smallest absolute Gasteiger partial charge is 0.208 e. The Morgan fingerprint density at radius 2 is 0.800 bits per heavy atom. The number of nitrogens with zero attached hydrogens (tertiary/aromatic N) is 2. The average Bonchev–Trinajstić information content (AvgIpc) is 3.02. The Bertz CT molecular complexity index is 489. The molecule has 8 aliphatic carbocycles. The van der Waals surface area contributed by atoms with Crippen LogP contribution in [0.15, 0.2) is 12.4 Å². The molecule has 1 aliphatic heterocycles. The zero-order valence-electron chi connectivity index (χ0n) is 15.4. The molecule has 0 aromatic heterocycles. The summed E-state index contributed by atoms with van der Waals surface area (Å²) in [6, 6.07) is 1.57. The van der Waals surface area contributed by atoms with Crippen LogP contribution in [0.1, 0.15) is 64.2 Å². The molecule has 0 amide bonds. The van der Waals surface area contributed by atoms with Crippen LogP contribution in [0.5, 0.6) is 0 Å². The van der Waals surface area contributed by atoms with Gasteiger partial charge in [-0.3, -0.25) is 0 Å². The molecule has 0 unspecified atom stereocenters. The molecule has 134 valence electrons. The van der Waals surface area contributed by atoms with E-state index in [2.05, 4.69) is 28.9 Å². The van der Waals surface area contributed by atoms with Crippen LogP contribution in [0.4, 0.5) is 0 Å². The highest BCUT2D eigenvalue weighted by Crippen LogP contribution is 2.58. The largest absolute Gasteiger partial charge is 0.343 e. The molecule has 8 bridgehead atoms. The summed E-state index contributed by atoms with van der Waals surface area (Å²) in [6.07, 6.45) is 20.1. The van der Waals surface area contributed by atoms with Gasteiger partial charge in [-0.05, 0) is 112 Å². The fraction of sp³-hybridized carbons (Fsp3) is 0.870. The summed E-state index contributed by atoms with van der Waals surface area (Å²) in [5.74, 6) is 8.16. The first-order chi connectivity index (χ1) is 12.3. The fourth-order valence-corrected chi connectivity index (χ4v) is 9.38. The molecule has 9 aliphatic rings. The predicted octanol–water partition coefficient (Wildman–Crippen LogP) is 4.72. The van der Waals surface area contributed by atoms with Crippen molar-refractivity contribution in [2.24, 2.45) is 47.3 Å². The molecule has 2 radical (unpaired) electrons. The van der Waals surface area contributed by atoms with Gasteiger partial charge in [0.05, 0.1) is 0 Å². The summed E-state index contributed by atoms with van der Waals surface area (Å²) in [6.45, 7) is 3.90. The normalized spacial score (nSPS) is 57.9. The second-order valence-electron chi connectivity index (χ2n) is 11.1. The molecular weight excluding hydrogens is 304 g/mol. The zero-order valence-corrected chi connectivity index (χ0v) is 15.4. The minimum Gasteiger partial charge on any atom is -0.343 e. The van der Waals surface area contributed by atoms with Gasteiger partial charge in [0.2, 0.25) is 6.67 Å². The number of hydrogen-bond acceptors (Lipinski definition) is 2. The van der Waals surface area contributed by atoms with Crippen LogP contribution in [0.2, 0.25) is 0 Å². The van der Waals surface area contributed by atoms with Crippen LogP contribution in [-0.2, 0) is 0 Å². The van der Waals surface area contributed by atoms with Crippen LogP contribution < -0.4 is 0 Å². The molecular formula is C23H32N2. The highest BCUT2D eigenvalue weighted by molar-refractivity contribution is 5.13. The number of rotatable bonds is 2. The Labute approximate surface area is 153 Å². The van der Waals surface area contributed by atoms with E-state index in [4.69, 9.17) is 0 Å². The van der Waals surface area contributed by atoms with E-state index in [1.807, 2.05) is 0 Å². The maximum absolute atomic E-state index is 3.90. The molecule has 1 heterocycles. The van der Waals surface area contributed by atoms with Gasteiger partial charge in [0, 0.05) is 24.5 Å². The Morgan fingerprint density at radius 3 is 1.12 bits per heavy atom. The van der Waals surface area contributed by atoms with E-state index in [9.17, 15) is 0 Å². The Morgan fingerprint density at radius 1 is 0.480 bits per heavy atom. The van der Waals surface area contributed by atoms with Gasteiger partial charge < -0.3 is 9.80 Å². The lowest BCUT2D eigenvalue weighted by Crippen LogP contribution is -2.56. The number of hydrogen-bond donors (Lipinski definition) is 0. The van der Waals surface area contributed by atoms with E-state index in [0.29, 0.717) is 0 Å². The minimum atomic E-state index is 0.783. The van der Waals surface area contributed by atoms with Crippen molar-refractivity contribution in [2.45, 2.75) is 76.3 Å². The zero-order chi connectivity index (χ0) is 16.1. The lowest BCUT2D eigenvalue weighted by molar-refractivity contribution is -0.0640. The van der Waals surface area contributed by atoms with Gasteiger partial charge in [0.15, 0.2) is 0 Å². The molecule has 0 spiro atoms. The Kier molecular flexibility index (Phi) is 2.87. The van der Waals surface area contributed by atoms with Gasteiger partial charge in [0.25, 0.3) is 0 Å². The summed E-state index contributed by atoms with van der Waals surface area (Å²) in [7, 11) is 0. The van der Waals surface area contributed by atoms with Gasteiger partial charge in [0.1, 0.15) is 0 Å². The molecule has 8 fully saturated rings. The van der Waals surface area contributed by atoms with E-state index >= 15 is 0 Å². The molecule has 25 heavy (non-hydrogen) atoms. The van der Waals surface area contributed by atoms with Gasteiger partial charge in [-0.15, -0.1) is 0 Å². The van der Waals surface area contributed by atoms with E-state index in [-0.39, 0.29) is 0 Å². The first-order valence-corrected chi connectivity index (χ1v) is 11.3. The summed E-state index contributed by atoms with van der Waals surface area (Å²) in [5, 5.41) is 0. The monoisotopic (exact) mass is 336 g/mol. The maximum atomic E-state index is 3.90. The van der Waals surface area contributed by atoms with Crippen molar-refractivity contribution in [3.8, 4) is 0 Å². The Balaban J connectivity index is 1.10. The molecule has 0 N–H and O–H groups in total. The third-order valence-corrected chi connectivity index (χ3v) is 9.62. The molecule has 0 aromatic rings. The second kappa shape index (κ2) is 4.98. The van der Waals surface area contributed by atoms with Crippen molar-refractivity contribution < 1.29 is 0 Å². The van der Waals surface area contributed by atoms with Crippen LogP contribution in [0.25, 0.3) is 0 Å². The standard InChI is InChI=1S/C23H32N2/c1-2-25(23-20-9-16-4-17(11-20)12-21(23)10-16)13-24(1)22-18-5-14-3-15(7-18)8-19(22)6-14/h1-2,14-23H,3-12H2. The molecule has 9 rings (SSSR count). The van der Waals surface area contributed by atoms with E-state index in [0.717, 1.165) is 59.4 Å². The molecule has 0 aromatic carbocycles. The maximum Gasteiger partial charge on any atom is 0.208 e. The van der Waals surface area contributed by atoms with Gasteiger partial charge >= 0.3 is 0 Å². The van der Waals surface area contributed by atoms with E-state index < -0.39 is 0 Å². The van der Waals surface area contributed by atoms with Crippen molar-refractivity contribution in [3.63, 3.8) is 0 Å². The fourth-order valence-electron chi connectivity index (χ4n) is 9.38. The van der Waals surface area contributed by atoms with Gasteiger partial charge in [-0.1, -0.05) is 0 Å². The van der Waals surface area contributed by atoms with Gasteiger partial charge in [-0.25, -0.2) is 0 Å². The average molecular weight is 337 g/mol. The summed E-state index contributed by atoms with van der Waals surface area (Å²) >= 11 is 0. The lowest BCUT2D eigenvalue weighted by Gasteiger charge is -2.58. The summed E-state index contributed by atoms with van der Waals surface area (Å²) in [5.41, 5.74) is 0. The molecule has 2 nitrogen and oxygen atoms in total. The molecule has 0 saturated heterocycles. The van der Waals surface area contributed by atoms with Crippen LogP contribution in [0, 0.1) is 54.0 Å². The summed E-state index contributed by atoms with van der Waals surface area (Å²) < 4.78 is 0. The topological polar surface area (TPSA) is 6.48 Å². The lowest BCUT2D eigenvalue weighted by atomic mass is 9.53. The molecule has 0 atom stereocenters. The van der Waals surface area contributed by atoms with Crippen molar-refractivity contribution in [1.82, 2.24) is 9.80 Å². The van der Waals surface area contributed by atoms with Crippen LogP contribution in [0.3, 0.4) is 0 Å². The highest BCUT2D eigenvalue weighted by Gasteiger charge is 2.53. The van der Waals surface area contributed by atoms with Crippen molar-refractivity contribution >= 4 is 0 Å². The minimum absolute atomic E-state index is 0.783. The molecule has 8 saturated carbocycles. The quantitative estimate of drug-likeness (QED) is 0.720.